The normalized spacial score (nSPS) is 10.9. The van der Waals surface area contributed by atoms with Gasteiger partial charge in [0.05, 0.1) is 11.5 Å². The number of guanidine groups is 1. The number of hydrogen-bond donors (Lipinski definition) is 2. The number of halogens is 2. The number of non-ortho nitro benzene ring substituents is 1. The van der Waals surface area contributed by atoms with Crippen LogP contribution in [0.5, 0.6) is 0 Å². The number of nitrogens with zero attached hydrogens (tertiary/aromatic N) is 2. The van der Waals surface area contributed by atoms with Gasteiger partial charge in [-0.05, 0) is 36.6 Å². The number of ether oxygens (including phenoxy) is 1. The van der Waals surface area contributed by atoms with E-state index in [1.54, 1.807) is 24.3 Å². The SMILES string of the molecule is CCOCCCNC(=NCc1ccc(F)cc1)NCc1ccc([N+](=O)[O-])cc1.I. The Balaban J connectivity index is 0.00000420. The van der Waals surface area contributed by atoms with Crippen LogP contribution in [0.2, 0.25) is 0 Å². The summed E-state index contributed by atoms with van der Waals surface area (Å²) in [5, 5.41) is 17.2. The Morgan fingerprint density at radius 2 is 1.76 bits per heavy atom. The van der Waals surface area contributed by atoms with Crippen molar-refractivity contribution in [3.63, 3.8) is 0 Å². The number of nitro groups is 1. The summed E-state index contributed by atoms with van der Waals surface area (Å²) in [5.74, 6) is 0.331. The average Bonchev–Trinajstić information content (AvgIpc) is 2.70. The van der Waals surface area contributed by atoms with Gasteiger partial charge in [-0.1, -0.05) is 24.3 Å². The van der Waals surface area contributed by atoms with Gasteiger partial charge in [0, 0.05) is 38.4 Å². The van der Waals surface area contributed by atoms with E-state index in [1.807, 2.05) is 6.92 Å². The first kappa shape index (κ1) is 24.8. The fourth-order valence-electron chi connectivity index (χ4n) is 2.38. The molecule has 0 fully saturated rings. The van der Waals surface area contributed by atoms with E-state index in [1.165, 1.54) is 24.3 Å². The summed E-state index contributed by atoms with van der Waals surface area (Å²) in [5.41, 5.74) is 1.85. The molecule has 0 aliphatic rings. The van der Waals surface area contributed by atoms with Crippen molar-refractivity contribution >= 4 is 35.6 Å². The highest BCUT2D eigenvalue weighted by molar-refractivity contribution is 14.0. The standard InChI is InChI=1S/C20H25FN4O3.HI/c1-2-28-13-3-12-22-20(23-14-16-4-8-18(21)9-5-16)24-15-17-6-10-19(11-7-17)25(26)27;/h4-11H,2-3,12-15H2,1H3,(H2,22,23,24);1H. The van der Waals surface area contributed by atoms with E-state index < -0.39 is 4.92 Å². The Morgan fingerprint density at radius 3 is 2.38 bits per heavy atom. The number of rotatable bonds is 10. The second-order valence-electron chi connectivity index (χ2n) is 6.05. The molecule has 9 heteroatoms. The minimum Gasteiger partial charge on any atom is -0.382 e. The van der Waals surface area contributed by atoms with Crippen molar-refractivity contribution in [3.8, 4) is 0 Å². The molecule has 29 heavy (non-hydrogen) atoms. The van der Waals surface area contributed by atoms with Crippen molar-refractivity contribution in [1.29, 1.82) is 0 Å². The van der Waals surface area contributed by atoms with Crippen LogP contribution in [0.3, 0.4) is 0 Å². The molecule has 0 aromatic heterocycles. The van der Waals surface area contributed by atoms with Gasteiger partial charge in [0.2, 0.25) is 0 Å². The van der Waals surface area contributed by atoms with Gasteiger partial charge in [-0.3, -0.25) is 10.1 Å². The van der Waals surface area contributed by atoms with Crippen LogP contribution in [-0.4, -0.2) is 30.6 Å². The zero-order valence-corrected chi connectivity index (χ0v) is 18.6. The van der Waals surface area contributed by atoms with E-state index in [0.717, 1.165) is 17.5 Å². The van der Waals surface area contributed by atoms with Crippen LogP contribution in [0.4, 0.5) is 10.1 Å². The lowest BCUT2D eigenvalue weighted by Gasteiger charge is -2.13. The third-order valence-corrected chi connectivity index (χ3v) is 3.90. The summed E-state index contributed by atoms with van der Waals surface area (Å²) in [6.07, 6.45) is 0.836. The Bertz CT molecular complexity index is 770. The largest absolute Gasteiger partial charge is 0.382 e. The monoisotopic (exact) mass is 516 g/mol. The molecule has 0 radical (unpaired) electrons. The van der Waals surface area contributed by atoms with Crippen LogP contribution in [0, 0.1) is 15.9 Å². The molecule has 158 valence electrons. The molecule has 0 heterocycles. The van der Waals surface area contributed by atoms with Crippen molar-refractivity contribution in [1.82, 2.24) is 10.6 Å². The Labute approximate surface area is 186 Å². The molecule has 2 rings (SSSR count). The minimum atomic E-state index is -0.424. The molecule has 0 aliphatic heterocycles. The summed E-state index contributed by atoms with van der Waals surface area (Å²) >= 11 is 0. The highest BCUT2D eigenvalue weighted by Gasteiger charge is 2.05. The number of aliphatic imine (C=N–C) groups is 1. The summed E-state index contributed by atoms with van der Waals surface area (Å²) in [4.78, 5) is 14.8. The van der Waals surface area contributed by atoms with Crippen LogP contribution >= 0.6 is 24.0 Å². The van der Waals surface area contributed by atoms with E-state index in [2.05, 4.69) is 15.6 Å². The van der Waals surface area contributed by atoms with Crippen LogP contribution < -0.4 is 10.6 Å². The maximum absolute atomic E-state index is 13.0. The first-order chi connectivity index (χ1) is 13.6. The molecular formula is C20H26FIN4O3. The smallest absolute Gasteiger partial charge is 0.269 e. The molecule has 2 N–H and O–H groups in total. The summed E-state index contributed by atoms with van der Waals surface area (Å²) in [6, 6.07) is 12.6. The molecule has 0 amide bonds. The van der Waals surface area contributed by atoms with Gasteiger partial charge in [0.25, 0.3) is 5.69 Å². The highest BCUT2D eigenvalue weighted by Crippen LogP contribution is 2.11. The number of nitro benzene ring substituents is 1. The van der Waals surface area contributed by atoms with Crippen molar-refractivity contribution in [2.45, 2.75) is 26.4 Å². The van der Waals surface area contributed by atoms with Gasteiger partial charge >= 0.3 is 0 Å². The van der Waals surface area contributed by atoms with E-state index in [0.29, 0.717) is 38.8 Å². The van der Waals surface area contributed by atoms with Crippen molar-refractivity contribution < 1.29 is 14.1 Å². The van der Waals surface area contributed by atoms with Crippen molar-refractivity contribution in [2.75, 3.05) is 19.8 Å². The lowest BCUT2D eigenvalue weighted by Crippen LogP contribution is -2.37. The third kappa shape index (κ3) is 9.66. The number of benzene rings is 2. The van der Waals surface area contributed by atoms with Gasteiger partial charge in [0.15, 0.2) is 5.96 Å². The summed E-state index contributed by atoms with van der Waals surface area (Å²) in [7, 11) is 0. The van der Waals surface area contributed by atoms with Gasteiger partial charge in [0.1, 0.15) is 5.82 Å². The minimum absolute atomic E-state index is 0. The first-order valence-electron chi connectivity index (χ1n) is 9.16. The third-order valence-electron chi connectivity index (χ3n) is 3.90. The predicted octanol–water partition coefficient (Wildman–Crippen LogP) is 4.01. The molecule has 0 saturated carbocycles. The Hall–Kier alpha value is -2.27. The van der Waals surface area contributed by atoms with Crippen LogP contribution in [0.15, 0.2) is 53.5 Å². The van der Waals surface area contributed by atoms with E-state index >= 15 is 0 Å². The van der Waals surface area contributed by atoms with Crippen LogP contribution in [0.25, 0.3) is 0 Å². The summed E-state index contributed by atoms with van der Waals surface area (Å²) < 4.78 is 18.4. The van der Waals surface area contributed by atoms with Gasteiger partial charge in [-0.15, -0.1) is 24.0 Å². The van der Waals surface area contributed by atoms with E-state index in [4.69, 9.17) is 4.74 Å². The first-order valence-corrected chi connectivity index (χ1v) is 9.16. The fourth-order valence-corrected chi connectivity index (χ4v) is 2.38. The van der Waals surface area contributed by atoms with Crippen LogP contribution in [-0.2, 0) is 17.8 Å². The zero-order chi connectivity index (χ0) is 20.2. The highest BCUT2D eigenvalue weighted by atomic mass is 127. The maximum atomic E-state index is 13.0. The van der Waals surface area contributed by atoms with Crippen molar-refractivity contribution in [2.24, 2.45) is 4.99 Å². The second-order valence-corrected chi connectivity index (χ2v) is 6.05. The Kier molecular flexibility index (Phi) is 11.8. The molecular weight excluding hydrogens is 490 g/mol. The summed E-state index contributed by atoms with van der Waals surface area (Å²) in [6.45, 7) is 4.87. The van der Waals surface area contributed by atoms with Crippen molar-refractivity contribution in [3.05, 3.63) is 75.6 Å². The predicted molar refractivity (Wildman–Crippen MR) is 122 cm³/mol. The van der Waals surface area contributed by atoms with Gasteiger partial charge in [-0.2, -0.15) is 0 Å². The molecule has 0 aliphatic carbocycles. The topological polar surface area (TPSA) is 88.8 Å². The second kappa shape index (κ2) is 13.8. The van der Waals surface area contributed by atoms with Gasteiger partial charge in [-0.25, -0.2) is 9.38 Å². The molecule has 7 nitrogen and oxygen atoms in total. The van der Waals surface area contributed by atoms with E-state index in [9.17, 15) is 14.5 Å². The molecule has 0 bridgehead atoms. The lowest BCUT2D eigenvalue weighted by molar-refractivity contribution is -0.384. The maximum Gasteiger partial charge on any atom is 0.269 e. The molecule has 0 spiro atoms. The molecule has 0 unspecified atom stereocenters. The number of nitrogens with one attached hydrogen (secondary N) is 2. The fraction of sp³-hybridized carbons (Fsp3) is 0.350. The average molecular weight is 516 g/mol. The van der Waals surface area contributed by atoms with E-state index in [-0.39, 0.29) is 35.5 Å². The molecule has 0 saturated heterocycles. The zero-order valence-electron chi connectivity index (χ0n) is 16.3. The quantitative estimate of drug-likeness (QED) is 0.124. The molecule has 2 aromatic rings. The van der Waals surface area contributed by atoms with Gasteiger partial charge < -0.3 is 15.4 Å². The van der Waals surface area contributed by atoms with Crippen LogP contribution in [0.1, 0.15) is 24.5 Å². The lowest BCUT2D eigenvalue weighted by atomic mass is 10.2. The molecule has 2 aromatic carbocycles. The number of hydrogen-bond acceptors (Lipinski definition) is 4. The molecule has 0 atom stereocenters. The Morgan fingerprint density at radius 1 is 1.10 bits per heavy atom.